The first kappa shape index (κ1) is 31.5. The molecule has 9 aromatic carbocycles. The molecule has 0 spiro atoms. The van der Waals surface area contributed by atoms with Crippen LogP contribution in [-0.2, 0) is 0 Å². The molecule has 0 unspecified atom stereocenters. The summed E-state index contributed by atoms with van der Waals surface area (Å²) in [5.74, 6) is 0. The fraction of sp³-hybridized carbons (Fsp3) is 0. The Balaban J connectivity index is 0.948. The maximum absolute atomic E-state index is 6.46. The fourth-order valence-electron chi connectivity index (χ4n) is 9.88. The van der Waals surface area contributed by atoms with Crippen LogP contribution in [0, 0.1) is 0 Å². The van der Waals surface area contributed by atoms with Gasteiger partial charge in [-0.1, -0.05) is 91.0 Å². The van der Waals surface area contributed by atoms with Gasteiger partial charge in [-0.3, -0.25) is 0 Å². The van der Waals surface area contributed by atoms with E-state index in [1.165, 1.54) is 69.5 Å². The Morgan fingerprint density at radius 2 is 0.814 bits per heavy atom. The first-order valence-electron chi connectivity index (χ1n) is 20.0. The third-order valence-corrected chi connectivity index (χ3v) is 13.7. The molecule has 5 aromatic heterocycles. The average Bonchev–Trinajstić information content (AvgIpc) is 4.10. The molecule has 0 fully saturated rings. The summed E-state index contributed by atoms with van der Waals surface area (Å²) >= 11 is 1.89. The molecule has 274 valence electrons. The molecule has 59 heavy (non-hydrogen) atoms. The van der Waals surface area contributed by atoms with E-state index < -0.39 is 0 Å². The second-order valence-corrected chi connectivity index (χ2v) is 16.7. The van der Waals surface area contributed by atoms with Gasteiger partial charge in [-0.15, -0.1) is 11.3 Å². The predicted octanol–water partition coefficient (Wildman–Crippen LogP) is 15.7. The number of hydrogen-bond donors (Lipinski definition) is 0. The molecule has 14 rings (SSSR count). The van der Waals surface area contributed by atoms with Crippen molar-refractivity contribution >= 4 is 119 Å². The number of thiophene rings is 1. The zero-order chi connectivity index (χ0) is 38.3. The molecule has 0 aliphatic heterocycles. The maximum Gasteiger partial charge on any atom is 0.135 e. The Bertz CT molecular complexity index is 4040. The van der Waals surface area contributed by atoms with E-state index in [9.17, 15) is 0 Å². The lowest BCUT2D eigenvalue weighted by Crippen LogP contribution is -1.93. The molecule has 0 N–H and O–H groups in total. The van der Waals surface area contributed by atoms with Crippen LogP contribution in [-0.4, -0.2) is 9.13 Å². The summed E-state index contributed by atoms with van der Waals surface area (Å²) in [4.78, 5) is 0. The van der Waals surface area contributed by atoms with E-state index in [0.717, 1.165) is 60.7 Å². The van der Waals surface area contributed by atoms with Crippen molar-refractivity contribution in [2.75, 3.05) is 0 Å². The Labute approximate surface area is 339 Å². The molecule has 4 nitrogen and oxygen atoms in total. The normalized spacial score (nSPS) is 12.4. The van der Waals surface area contributed by atoms with Crippen molar-refractivity contribution in [2.45, 2.75) is 0 Å². The fourth-order valence-corrected chi connectivity index (χ4v) is 11.1. The maximum atomic E-state index is 6.46. The van der Waals surface area contributed by atoms with Crippen LogP contribution in [0.4, 0.5) is 0 Å². The minimum absolute atomic E-state index is 0.879. The molecule has 0 saturated heterocycles. The van der Waals surface area contributed by atoms with Crippen molar-refractivity contribution < 1.29 is 8.83 Å². The molecule has 0 amide bonds. The largest absolute Gasteiger partial charge is 0.456 e. The first-order chi connectivity index (χ1) is 29.2. The number of para-hydroxylation sites is 4. The van der Waals surface area contributed by atoms with Crippen LogP contribution >= 0.6 is 11.3 Å². The highest BCUT2D eigenvalue weighted by atomic mass is 32.1. The minimum Gasteiger partial charge on any atom is -0.456 e. The van der Waals surface area contributed by atoms with E-state index in [1.54, 1.807) is 0 Å². The summed E-state index contributed by atoms with van der Waals surface area (Å²) in [6.07, 6.45) is 0. The van der Waals surface area contributed by atoms with Gasteiger partial charge in [0.15, 0.2) is 0 Å². The van der Waals surface area contributed by atoms with Crippen LogP contribution in [0.2, 0.25) is 0 Å². The smallest absolute Gasteiger partial charge is 0.135 e. The molecular formula is C54H30N2O2S. The van der Waals surface area contributed by atoms with Gasteiger partial charge in [-0.05, 0) is 102 Å². The molecule has 0 aliphatic carbocycles. The summed E-state index contributed by atoms with van der Waals surface area (Å²) < 4.78 is 20.0. The first-order valence-corrected chi connectivity index (χ1v) is 20.8. The summed E-state index contributed by atoms with van der Waals surface area (Å²) in [5.41, 5.74) is 13.0. The van der Waals surface area contributed by atoms with E-state index in [0.29, 0.717) is 0 Å². The molecule has 0 bridgehead atoms. The van der Waals surface area contributed by atoms with Gasteiger partial charge < -0.3 is 18.0 Å². The summed E-state index contributed by atoms with van der Waals surface area (Å²) in [6.45, 7) is 0. The van der Waals surface area contributed by atoms with E-state index >= 15 is 0 Å². The third kappa shape index (κ3) is 4.32. The molecule has 0 aliphatic rings. The van der Waals surface area contributed by atoms with Gasteiger partial charge in [0.05, 0.1) is 22.1 Å². The number of nitrogens with zero attached hydrogens (tertiary/aromatic N) is 2. The number of benzene rings is 9. The van der Waals surface area contributed by atoms with E-state index in [-0.39, 0.29) is 0 Å². The van der Waals surface area contributed by atoms with Gasteiger partial charge in [0.2, 0.25) is 0 Å². The van der Waals surface area contributed by atoms with E-state index in [2.05, 4.69) is 179 Å². The molecule has 0 atom stereocenters. The van der Waals surface area contributed by atoms with Crippen molar-refractivity contribution in [2.24, 2.45) is 0 Å². The van der Waals surface area contributed by atoms with E-state index in [4.69, 9.17) is 8.83 Å². The molecule has 0 radical (unpaired) electrons. The van der Waals surface area contributed by atoms with Crippen LogP contribution in [0.1, 0.15) is 0 Å². The lowest BCUT2D eigenvalue weighted by Gasteiger charge is -2.09. The number of aromatic nitrogens is 2. The molecule has 5 heteroatoms. The zero-order valence-electron chi connectivity index (χ0n) is 31.4. The van der Waals surface area contributed by atoms with Crippen molar-refractivity contribution in [1.29, 1.82) is 0 Å². The van der Waals surface area contributed by atoms with Gasteiger partial charge in [-0.25, -0.2) is 0 Å². The summed E-state index contributed by atoms with van der Waals surface area (Å²) in [6, 6.07) is 65.8. The minimum atomic E-state index is 0.879. The van der Waals surface area contributed by atoms with Crippen LogP contribution in [0.25, 0.3) is 130 Å². The zero-order valence-corrected chi connectivity index (χ0v) is 32.3. The lowest BCUT2D eigenvalue weighted by atomic mass is 10.0. The van der Waals surface area contributed by atoms with Gasteiger partial charge in [0.1, 0.15) is 22.3 Å². The Hall–Kier alpha value is -7.60. The van der Waals surface area contributed by atoms with Gasteiger partial charge in [-0.2, -0.15) is 0 Å². The molecular weight excluding hydrogens is 741 g/mol. The Morgan fingerprint density at radius 1 is 0.322 bits per heavy atom. The second-order valence-electron chi connectivity index (χ2n) is 15.6. The molecule has 14 aromatic rings. The van der Waals surface area contributed by atoms with Crippen LogP contribution in [0.3, 0.4) is 0 Å². The monoisotopic (exact) mass is 770 g/mol. The standard InChI is InChI=1S/C54H30N2O2S/c1-5-13-44-35(9-1)36-10-2-6-14-45(36)55(44)34-20-26-52-43(30-34)38-21-22-47-53(54(38)59-52)39-12-3-7-15-46(39)56(47)33-19-25-51-42(29-33)41-28-32(18-24-50(41)58-51)31-17-23-49-40(27-31)37-11-4-8-16-48(37)57-49/h1-30H. The van der Waals surface area contributed by atoms with Crippen molar-refractivity contribution in [3.8, 4) is 22.5 Å². The Morgan fingerprint density at radius 3 is 1.51 bits per heavy atom. The van der Waals surface area contributed by atoms with Crippen LogP contribution in [0.5, 0.6) is 0 Å². The van der Waals surface area contributed by atoms with Crippen LogP contribution in [0.15, 0.2) is 191 Å². The van der Waals surface area contributed by atoms with Crippen molar-refractivity contribution in [3.05, 3.63) is 182 Å². The summed E-state index contributed by atoms with van der Waals surface area (Å²) in [5, 5.41) is 12.1. The number of furan rings is 2. The number of hydrogen-bond acceptors (Lipinski definition) is 3. The third-order valence-electron chi connectivity index (χ3n) is 12.5. The topological polar surface area (TPSA) is 36.1 Å². The quantitative estimate of drug-likeness (QED) is 0.179. The van der Waals surface area contributed by atoms with Crippen molar-refractivity contribution in [3.63, 3.8) is 0 Å². The SMILES string of the molecule is c1ccc2c(c1)oc1ccc(-c3ccc4oc5ccc(-n6c7ccccc7c7c8sc9ccc(-n%10c%11ccccc%11c%11ccccc%11%10)cc9c8ccc76)cc5c4c3)cc12. The summed E-state index contributed by atoms with van der Waals surface area (Å²) in [7, 11) is 0. The number of fused-ring (bicyclic) bond motifs is 16. The molecule has 0 saturated carbocycles. The highest BCUT2D eigenvalue weighted by Crippen LogP contribution is 2.45. The number of rotatable bonds is 3. The highest BCUT2D eigenvalue weighted by molar-refractivity contribution is 7.26. The highest BCUT2D eigenvalue weighted by Gasteiger charge is 2.20. The van der Waals surface area contributed by atoms with E-state index in [1.807, 2.05) is 23.5 Å². The van der Waals surface area contributed by atoms with Crippen LogP contribution < -0.4 is 0 Å². The van der Waals surface area contributed by atoms with Gasteiger partial charge in [0.25, 0.3) is 0 Å². The van der Waals surface area contributed by atoms with Crippen molar-refractivity contribution in [1.82, 2.24) is 9.13 Å². The average molecular weight is 771 g/mol. The predicted molar refractivity (Wildman–Crippen MR) is 248 cm³/mol. The van der Waals surface area contributed by atoms with Gasteiger partial charge in [0, 0.05) is 74.6 Å². The molecule has 5 heterocycles. The lowest BCUT2D eigenvalue weighted by molar-refractivity contribution is 0.668. The van der Waals surface area contributed by atoms with Gasteiger partial charge >= 0.3 is 0 Å². The second kappa shape index (κ2) is 11.5. The Kier molecular flexibility index (Phi) is 6.14.